The lowest BCUT2D eigenvalue weighted by Crippen LogP contribution is -2.34. The number of methoxy groups -OCH3 is 1. The number of anilines is 1. The second-order valence-corrected chi connectivity index (χ2v) is 5.50. The number of nitrogens with zero attached hydrogens (tertiary/aromatic N) is 2. The van der Waals surface area contributed by atoms with E-state index in [2.05, 4.69) is 20.6 Å². The van der Waals surface area contributed by atoms with E-state index in [-0.39, 0.29) is 24.2 Å². The molecule has 1 aromatic carbocycles. The van der Waals surface area contributed by atoms with Crippen molar-refractivity contribution in [3.8, 4) is 17.0 Å². The van der Waals surface area contributed by atoms with Crippen molar-refractivity contribution in [3.05, 3.63) is 36.7 Å². The van der Waals surface area contributed by atoms with Crippen molar-refractivity contribution in [1.29, 1.82) is 0 Å². The number of piperidine rings is 1. The van der Waals surface area contributed by atoms with E-state index < -0.39 is 0 Å². The minimum atomic E-state index is 0. The number of ether oxygens (including phenoxy) is 1. The molecule has 0 radical (unpaired) electrons. The van der Waals surface area contributed by atoms with E-state index in [1.165, 1.54) is 6.33 Å². The molecule has 1 aliphatic rings. The number of para-hydroxylation sites is 1. The van der Waals surface area contributed by atoms with Gasteiger partial charge in [0.2, 0.25) is 5.91 Å². The number of benzene rings is 1. The van der Waals surface area contributed by atoms with E-state index >= 15 is 0 Å². The molecule has 1 fully saturated rings. The van der Waals surface area contributed by atoms with Gasteiger partial charge in [-0.2, -0.15) is 0 Å². The summed E-state index contributed by atoms with van der Waals surface area (Å²) < 4.78 is 5.36. The summed E-state index contributed by atoms with van der Waals surface area (Å²) >= 11 is 0. The number of carbonyl (C=O) groups is 1. The van der Waals surface area contributed by atoms with Crippen LogP contribution in [0.2, 0.25) is 0 Å². The van der Waals surface area contributed by atoms with Crippen LogP contribution in [0.4, 0.5) is 5.82 Å². The van der Waals surface area contributed by atoms with Crippen molar-refractivity contribution in [2.24, 2.45) is 5.92 Å². The largest absolute Gasteiger partial charge is 0.496 e. The van der Waals surface area contributed by atoms with Crippen molar-refractivity contribution in [2.75, 3.05) is 25.5 Å². The topological polar surface area (TPSA) is 76.1 Å². The van der Waals surface area contributed by atoms with Crippen LogP contribution in [0, 0.1) is 5.92 Å². The molecule has 1 amide bonds. The maximum Gasteiger partial charge on any atom is 0.228 e. The predicted octanol–water partition coefficient (Wildman–Crippen LogP) is 2.51. The Labute approximate surface area is 147 Å². The van der Waals surface area contributed by atoms with Gasteiger partial charge in [-0.05, 0) is 38.1 Å². The number of nitrogens with one attached hydrogen (secondary N) is 2. The molecular formula is C17H21ClN4O2. The molecule has 0 atom stereocenters. The molecule has 0 spiro atoms. The lowest BCUT2D eigenvalue weighted by molar-refractivity contribution is -0.120. The molecule has 3 rings (SSSR count). The third-order valence-corrected chi connectivity index (χ3v) is 4.01. The molecule has 0 bridgehead atoms. The Morgan fingerprint density at radius 2 is 2.00 bits per heavy atom. The highest BCUT2D eigenvalue weighted by atomic mass is 35.5. The summed E-state index contributed by atoms with van der Waals surface area (Å²) in [4.78, 5) is 20.8. The summed E-state index contributed by atoms with van der Waals surface area (Å²) in [5.74, 6) is 1.32. The first-order valence-electron chi connectivity index (χ1n) is 7.75. The Balaban J connectivity index is 0.00000208. The van der Waals surface area contributed by atoms with Crippen molar-refractivity contribution in [2.45, 2.75) is 12.8 Å². The van der Waals surface area contributed by atoms with E-state index in [4.69, 9.17) is 4.74 Å². The van der Waals surface area contributed by atoms with Gasteiger partial charge in [0.1, 0.15) is 17.9 Å². The van der Waals surface area contributed by atoms with Gasteiger partial charge in [0.05, 0.1) is 12.8 Å². The van der Waals surface area contributed by atoms with E-state index in [0.717, 1.165) is 42.9 Å². The lowest BCUT2D eigenvalue weighted by Gasteiger charge is -2.21. The summed E-state index contributed by atoms with van der Waals surface area (Å²) in [6.07, 6.45) is 3.17. The first-order chi connectivity index (χ1) is 11.3. The fourth-order valence-electron chi connectivity index (χ4n) is 2.74. The van der Waals surface area contributed by atoms with Crippen molar-refractivity contribution in [3.63, 3.8) is 0 Å². The van der Waals surface area contributed by atoms with Gasteiger partial charge in [0.15, 0.2) is 0 Å². The molecule has 0 aliphatic carbocycles. The van der Waals surface area contributed by atoms with E-state index in [9.17, 15) is 4.79 Å². The van der Waals surface area contributed by atoms with Gasteiger partial charge in [0, 0.05) is 17.5 Å². The van der Waals surface area contributed by atoms with Gasteiger partial charge in [-0.1, -0.05) is 12.1 Å². The molecule has 7 heteroatoms. The van der Waals surface area contributed by atoms with Gasteiger partial charge in [-0.3, -0.25) is 4.79 Å². The minimum Gasteiger partial charge on any atom is -0.496 e. The maximum atomic E-state index is 12.3. The second kappa shape index (κ2) is 8.61. The zero-order chi connectivity index (χ0) is 16.1. The van der Waals surface area contributed by atoms with Gasteiger partial charge in [-0.15, -0.1) is 12.4 Å². The second-order valence-electron chi connectivity index (χ2n) is 5.50. The molecule has 1 saturated heterocycles. The number of hydrogen-bond acceptors (Lipinski definition) is 5. The summed E-state index contributed by atoms with van der Waals surface area (Å²) in [5.41, 5.74) is 1.59. The molecule has 1 aliphatic heterocycles. The van der Waals surface area contributed by atoms with Crippen molar-refractivity contribution in [1.82, 2.24) is 15.3 Å². The van der Waals surface area contributed by atoms with Crippen LogP contribution in [0.3, 0.4) is 0 Å². The molecule has 6 nitrogen and oxygen atoms in total. The third kappa shape index (κ3) is 4.21. The average molecular weight is 349 g/mol. The fourth-order valence-corrected chi connectivity index (χ4v) is 2.74. The molecule has 2 N–H and O–H groups in total. The fraction of sp³-hybridized carbons (Fsp3) is 0.353. The number of rotatable bonds is 4. The van der Waals surface area contributed by atoms with Crippen LogP contribution in [0.1, 0.15) is 12.8 Å². The van der Waals surface area contributed by atoms with Crippen LogP contribution in [0.5, 0.6) is 5.75 Å². The maximum absolute atomic E-state index is 12.3. The van der Waals surface area contributed by atoms with E-state index in [1.54, 1.807) is 13.2 Å². The van der Waals surface area contributed by atoms with Crippen LogP contribution in [0.25, 0.3) is 11.3 Å². The Kier molecular flexibility index (Phi) is 6.52. The quantitative estimate of drug-likeness (QED) is 0.887. The van der Waals surface area contributed by atoms with Crippen molar-refractivity contribution >= 4 is 24.1 Å². The summed E-state index contributed by atoms with van der Waals surface area (Å²) in [5, 5.41) is 6.16. The highest BCUT2D eigenvalue weighted by Crippen LogP contribution is 2.28. The first kappa shape index (κ1) is 18.2. The highest BCUT2D eigenvalue weighted by Gasteiger charge is 2.21. The van der Waals surface area contributed by atoms with Gasteiger partial charge < -0.3 is 15.4 Å². The Morgan fingerprint density at radius 1 is 1.25 bits per heavy atom. The molecular weight excluding hydrogens is 328 g/mol. The number of aromatic nitrogens is 2. The summed E-state index contributed by atoms with van der Waals surface area (Å²) in [6.45, 7) is 1.77. The summed E-state index contributed by atoms with van der Waals surface area (Å²) in [7, 11) is 1.62. The van der Waals surface area contributed by atoms with Crippen LogP contribution >= 0.6 is 12.4 Å². The Bertz CT molecular complexity index is 690. The van der Waals surface area contributed by atoms with Gasteiger partial charge in [0.25, 0.3) is 0 Å². The SMILES string of the molecule is COc1ccccc1-c1cc(NC(=O)C2CCNCC2)ncn1.Cl. The minimum absolute atomic E-state index is 0. The van der Waals surface area contributed by atoms with Crippen LogP contribution < -0.4 is 15.4 Å². The normalized spacial score (nSPS) is 14.5. The number of halogens is 1. The lowest BCUT2D eigenvalue weighted by atomic mass is 9.97. The molecule has 2 aromatic rings. The number of hydrogen-bond donors (Lipinski definition) is 2. The molecule has 2 heterocycles. The predicted molar refractivity (Wildman–Crippen MR) is 95.5 cm³/mol. The molecule has 0 unspecified atom stereocenters. The third-order valence-electron chi connectivity index (χ3n) is 4.01. The molecule has 0 saturated carbocycles. The average Bonchev–Trinajstić information content (AvgIpc) is 2.62. The zero-order valence-electron chi connectivity index (χ0n) is 13.5. The summed E-state index contributed by atoms with van der Waals surface area (Å²) in [6, 6.07) is 9.41. The number of amides is 1. The number of carbonyl (C=O) groups excluding carboxylic acids is 1. The highest BCUT2D eigenvalue weighted by molar-refractivity contribution is 5.92. The van der Waals surface area contributed by atoms with E-state index in [0.29, 0.717) is 5.82 Å². The molecule has 24 heavy (non-hydrogen) atoms. The Hall–Kier alpha value is -2.18. The van der Waals surface area contributed by atoms with Crippen LogP contribution in [-0.4, -0.2) is 36.1 Å². The Morgan fingerprint density at radius 3 is 2.75 bits per heavy atom. The molecule has 1 aromatic heterocycles. The zero-order valence-corrected chi connectivity index (χ0v) is 14.3. The van der Waals surface area contributed by atoms with E-state index in [1.807, 2.05) is 24.3 Å². The monoisotopic (exact) mass is 348 g/mol. The van der Waals surface area contributed by atoms with Crippen LogP contribution in [-0.2, 0) is 4.79 Å². The smallest absolute Gasteiger partial charge is 0.228 e. The first-order valence-corrected chi connectivity index (χ1v) is 7.75. The van der Waals surface area contributed by atoms with Crippen molar-refractivity contribution < 1.29 is 9.53 Å². The molecule has 128 valence electrons. The van der Waals surface area contributed by atoms with Gasteiger partial charge >= 0.3 is 0 Å². The van der Waals surface area contributed by atoms with Gasteiger partial charge in [-0.25, -0.2) is 9.97 Å². The standard InChI is InChI=1S/C17H20N4O2.ClH/c1-23-15-5-3-2-4-13(15)14-10-16(20-11-19-14)21-17(22)12-6-8-18-9-7-12;/h2-5,10-12,18H,6-9H2,1H3,(H,19,20,21,22);1H. The van der Waals surface area contributed by atoms with Crippen LogP contribution in [0.15, 0.2) is 36.7 Å².